The molecule has 0 aliphatic heterocycles. The molecule has 8 nitrogen and oxygen atoms in total. The van der Waals surface area contributed by atoms with Crippen LogP contribution >= 0.6 is 0 Å². The predicted molar refractivity (Wildman–Crippen MR) is 184 cm³/mol. The topological polar surface area (TPSA) is 145 Å². The van der Waals surface area contributed by atoms with Gasteiger partial charge in [0.2, 0.25) is 0 Å². The van der Waals surface area contributed by atoms with Crippen LogP contribution in [-0.4, -0.2) is 34.6 Å². The monoisotopic (exact) mass is 689 g/mol. The van der Waals surface area contributed by atoms with Crippen LogP contribution < -0.4 is 10.2 Å². The standard InChI is InChI=1S/C34H44N2O2.2C2H4O2.Co/c1-21(2)29-16-25(33(5,6)7)14-23(31(29)37)19-35-27-12-11-13-28(18-27)36-20-24-15-26(34(8,9)10)17-30(22(3)4)32(24)38;2*1-2(3)4;/h11-22,37-38H,1-10H3;2*1H3,(H,3,4);/q;;;+2/p-2. The Kier molecular flexibility index (Phi) is 16.9. The summed E-state index contributed by atoms with van der Waals surface area (Å²) in [7, 11) is 0. The number of phenolic OH excluding ortho intramolecular Hbond substituents is 2. The zero-order chi connectivity index (χ0) is 35.6. The number of aliphatic imine (C=N–C) groups is 2. The first-order chi connectivity index (χ1) is 21.0. The largest absolute Gasteiger partial charge is 2.00 e. The van der Waals surface area contributed by atoms with Gasteiger partial charge in [-0.2, -0.15) is 0 Å². The molecule has 0 spiro atoms. The molecule has 0 saturated heterocycles. The maximum atomic E-state index is 10.9. The summed E-state index contributed by atoms with van der Waals surface area (Å²) >= 11 is 0. The first kappa shape index (κ1) is 43.0. The van der Waals surface area contributed by atoms with Gasteiger partial charge in [0.1, 0.15) is 11.5 Å². The maximum absolute atomic E-state index is 10.9. The smallest absolute Gasteiger partial charge is 0.550 e. The van der Waals surface area contributed by atoms with Gasteiger partial charge in [-0.05, 0) is 89.1 Å². The third-order valence-electron chi connectivity index (χ3n) is 6.85. The van der Waals surface area contributed by atoms with Crippen molar-refractivity contribution in [1.29, 1.82) is 0 Å². The second-order valence-electron chi connectivity index (χ2n) is 13.8. The van der Waals surface area contributed by atoms with E-state index in [2.05, 4.69) is 91.4 Å². The second-order valence-corrected chi connectivity index (χ2v) is 13.8. The number of aromatic hydroxyl groups is 2. The van der Waals surface area contributed by atoms with E-state index in [1.165, 1.54) is 0 Å². The molecule has 0 heterocycles. The van der Waals surface area contributed by atoms with Gasteiger partial charge in [0.05, 0.1) is 11.4 Å². The quantitative estimate of drug-likeness (QED) is 0.268. The van der Waals surface area contributed by atoms with Crippen LogP contribution in [0, 0.1) is 0 Å². The first-order valence-corrected chi connectivity index (χ1v) is 15.3. The van der Waals surface area contributed by atoms with E-state index < -0.39 is 11.9 Å². The summed E-state index contributed by atoms with van der Waals surface area (Å²) in [6.07, 6.45) is 3.46. The average molecular weight is 690 g/mol. The Labute approximate surface area is 290 Å². The number of benzene rings is 3. The third kappa shape index (κ3) is 14.6. The average Bonchev–Trinajstić information content (AvgIpc) is 2.90. The van der Waals surface area contributed by atoms with Crippen LogP contribution in [0.2, 0.25) is 0 Å². The first-order valence-electron chi connectivity index (χ1n) is 15.3. The second kappa shape index (κ2) is 18.4. The molecule has 0 amide bonds. The van der Waals surface area contributed by atoms with Crippen LogP contribution in [0.5, 0.6) is 11.5 Å². The summed E-state index contributed by atoms with van der Waals surface area (Å²) in [5.74, 6) is -1.21. The summed E-state index contributed by atoms with van der Waals surface area (Å²) < 4.78 is 0. The molecule has 2 N–H and O–H groups in total. The van der Waals surface area contributed by atoms with E-state index in [0.29, 0.717) is 11.1 Å². The fourth-order valence-corrected chi connectivity index (χ4v) is 4.25. The van der Waals surface area contributed by atoms with E-state index in [9.17, 15) is 10.2 Å². The Morgan fingerprint density at radius 1 is 0.660 bits per heavy atom. The molecule has 3 aromatic carbocycles. The molecule has 1 radical (unpaired) electrons. The number of carbonyl (C=O) groups excluding carboxylic acids is 2. The summed E-state index contributed by atoms with van der Waals surface area (Å²) in [5, 5.41) is 39.6. The summed E-state index contributed by atoms with van der Waals surface area (Å²) in [5.41, 5.74) is 6.99. The summed E-state index contributed by atoms with van der Waals surface area (Å²) in [6, 6.07) is 15.9. The minimum atomic E-state index is -1.08. The molecule has 0 aliphatic rings. The molecule has 0 bridgehead atoms. The number of carboxylic acid groups (broad SMARTS) is 2. The molecule has 0 aromatic heterocycles. The number of rotatable bonds is 6. The van der Waals surface area contributed by atoms with Crippen molar-refractivity contribution in [2.45, 2.75) is 106 Å². The van der Waals surface area contributed by atoms with Crippen molar-refractivity contribution < 1.29 is 46.8 Å². The fraction of sp³-hybridized carbons (Fsp3) is 0.421. The van der Waals surface area contributed by atoms with Crippen LogP contribution in [-0.2, 0) is 37.2 Å². The van der Waals surface area contributed by atoms with Crippen LogP contribution in [0.25, 0.3) is 0 Å². The van der Waals surface area contributed by atoms with Gasteiger partial charge in [-0.1, -0.05) is 87.4 Å². The Morgan fingerprint density at radius 2 is 0.957 bits per heavy atom. The third-order valence-corrected chi connectivity index (χ3v) is 6.85. The zero-order valence-electron chi connectivity index (χ0n) is 29.7. The van der Waals surface area contributed by atoms with Crippen molar-refractivity contribution in [3.63, 3.8) is 0 Å². The van der Waals surface area contributed by atoms with E-state index in [-0.39, 0.29) is 50.9 Å². The van der Waals surface area contributed by atoms with Gasteiger partial charge in [-0.25, -0.2) is 0 Å². The number of hydrogen-bond donors (Lipinski definition) is 2. The van der Waals surface area contributed by atoms with Gasteiger partial charge in [-0.3, -0.25) is 9.98 Å². The van der Waals surface area contributed by atoms with Gasteiger partial charge < -0.3 is 30.0 Å². The van der Waals surface area contributed by atoms with Gasteiger partial charge in [0.15, 0.2) is 0 Å². The van der Waals surface area contributed by atoms with E-state index in [1.54, 1.807) is 12.4 Å². The number of aliphatic carboxylic acids is 2. The van der Waals surface area contributed by atoms with Crippen molar-refractivity contribution in [1.82, 2.24) is 0 Å². The Morgan fingerprint density at radius 3 is 1.21 bits per heavy atom. The maximum Gasteiger partial charge on any atom is 2.00 e. The van der Waals surface area contributed by atoms with Gasteiger partial charge in [0, 0.05) is 35.5 Å². The van der Waals surface area contributed by atoms with Crippen molar-refractivity contribution >= 4 is 35.7 Å². The molecule has 3 aromatic rings. The molecular formula is C38H50CoN2O6. The molecule has 0 aliphatic carbocycles. The predicted octanol–water partition coefficient (Wildman–Crippen LogP) is 6.95. The van der Waals surface area contributed by atoms with Crippen molar-refractivity contribution in [2.24, 2.45) is 9.98 Å². The van der Waals surface area contributed by atoms with Crippen molar-refractivity contribution in [2.75, 3.05) is 0 Å². The number of carboxylic acids is 2. The van der Waals surface area contributed by atoms with Crippen LogP contribution in [0.15, 0.2) is 58.5 Å². The van der Waals surface area contributed by atoms with Crippen LogP contribution in [0.3, 0.4) is 0 Å². The van der Waals surface area contributed by atoms with E-state index >= 15 is 0 Å². The number of phenols is 2. The molecule has 3 rings (SSSR count). The van der Waals surface area contributed by atoms with Crippen LogP contribution in [0.1, 0.15) is 128 Å². The molecule has 0 atom stereocenters. The molecule has 47 heavy (non-hydrogen) atoms. The molecule has 257 valence electrons. The Bertz CT molecular complexity index is 1440. The van der Waals surface area contributed by atoms with Crippen LogP contribution in [0.4, 0.5) is 11.4 Å². The van der Waals surface area contributed by atoms with E-state index in [1.807, 2.05) is 36.4 Å². The van der Waals surface area contributed by atoms with E-state index in [4.69, 9.17) is 19.8 Å². The molecule has 0 unspecified atom stereocenters. The minimum absolute atomic E-state index is 0. The SMILES string of the molecule is CC(=O)[O-].CC(=O)[O-].CC(C)c1cc(C(C)(C)C)cc(C=Nc2cccc(N=Cc3cc(C(C)(C)C)cc(C(C)C)c3O)c2)c1O.[Co+2]. The summed E-state index contributed by atoms with van der Waals surface area (Å²) in [6.45, 7) is 23.3. The molecule has 0 saturated carbocycles. The minimum Gasteiger partial charge on any atom is -0.550 e. The number of hydrogen-bond acceptors (Lipinski definition) is 8. The summed E-state index contributed by atoms with van der Waals surface area (Å²) in [4.78, 5) is 27.1. The Hall–Kier alpha value is -3.95. The molecular weight excluding hydrogens is 639 g/mol. The molecule has 9 heteroatoms. The van der Waals surface area contributed by atoms with Crippen molar-refractivity contribution in [3.8, 4) is 11.5 Å². The van der Waals surface area contributed by atoms with E-state index in [0.717, 1.165) is 47.5 Å². The van der Waals surface area contributed by atoms with Gasteiger partial charge >= 0.3 is 16.8 Å². The zero-order valence-corrected chi connectivity index (χ0v) is 30.7. The molecule has 0 fully saturated rings. The van der Waals surface area contributed by atoms with Gasteiger partial charge in [0.25, 0.3) is 0 Å². The fourth-order valence-electron chi connectivity index (χ4n) is 4.25. The number of nitrogens with zero attached hydrogens (tertiary/aromatic N) is 2. The number of carbonyl (C=O) groups is 2. The van der Waals surface area contributed by atoms with Crippen molar-refractivity contribution in [3.05, 3.63) is 81.9 Å². The normalized spacial score (nSPS) is 11.5. The Balaban J connectivity index is 0.00000211. The van der Waals surface area contributed by atoms with Gasteiger partial charge in [-0.15, -0.1) is 0 Å².